The van der Waals surface area contributed by atoms with Crippen molar-refractivity contribution in [2.45, 2.75) is 36.0 Å². The number of unbranched alkanes of at least 4 members (excludes halogenated alkanes) is 2. The average Bonchev–Trinajstić information content (AvgIpc) is 2.76. The molecule has 4 aromatic rings. The van der Waals surface area contributed by atoms with E-state index in [0.717, 1.165) is 41.2 Å². The summed E-state index contributed by atoms with van der Waals surface area (Å²) in [5.41, 5.74) is 0. The molecule has 0 saturated carbocycles. The molecular weight excluding hydrogens is 380 g/mol. The minimum absolute atomic E-state index is 0.311. The highest BCUT2D eigenvalue weighted by molar-refractivity contribution is 7.92. The molecule has 0 aromatic heterocycles. The van der Waals surface area contributed by atoms with Crippen molar-refractivity contribution in [2.24, 2.45) is 0 Å². The predicted octanol–water partition coefficient (Wildman–Crippen LogP) is 6.39. The van der Waals surface area contributed by atoms with E-state index in [1.165, 1.54) is 0 Å². The third-order valence-electron chi connectivity index (χ3n) is 5.18. The predicted molar refractivity (Wildman–Crippen MR) is 118 cm³/mol. The van der Waals surface area contributed by atoms with Crippen LogP contribution in [0.3, 0.4) is 0 Å². The molecule has 0 radical (unpaired) electrons. The van der Waals surface area contributed by atoms with Crippen LogP contribution < -0.4 is 4.74 Å². The Morgan fingerprint density at radius 3 is 2.14 bits per heavy atom. The molecule has 4 aromatic carbocycles. The fourth-order valence-electron chi connectivity index (χ4n) is 3.69. The topological polar surface area (TPSA) is 43.4 Å². The van der Waals surface area contributed by atoms with E-state index in [-0.39, 0.29) is 0 Å². The van der Waals surface area contributed by atoms with Crippen LogP contribution in [0, 0.1) is 0 Å². The smallest absolute Gasteiger partial charge is 0.207 e. The molecule has 0 fully saturated rings. The van der Waals surface area contributed by atoms with Crippen LogP contribution in [-0.4, -0.2) is 15.0 Å². The molecule has 0 amide bonds. The van der Waals surface area contributed by atoms with Crippen molar-refractivity contribution in [3.8, 4) is 5.75 Å². The van der Waals surface area contributed by atoms with Gasteiger partial charge in [0.2, 0.25) is 9.84 Å². The lowest BCUT2D eigenvalue weighted by Crippen LogP contribution is -2.05. The van der Waals surface area contributed by atoms with Gasteiger partial charge in [-0.1, -0.05) is 80.4 Å². The number of ether oxygens (including phenoxy) is 1. The number of fused-ring (bicyclic) bond motifs is 2. The van der Waals surface area contributed by atoms with Gasteiger partial charge in [0.15, 0.2) is 0 Å². The summed E-state index contributed by atoms with van der Waals surface area (Å²) in [6.45, 7) is 2.79. The van der Waals surface area contributed by atoms with E-state index in [0.29, 0.717) is 21.8 Å². The van der Waals surface area contributed by atoms with Crippen molar-refractivity contribution < 1.29 is 13.2 Å². The van der Waals surface area contributed by atoms with E-state index in [4.69, 9.17) is 4.74 Å². The lowest BCUT2D eigenvalue weighted by molar-refractivity contribution is 0.309. The molecule has 0 spiro atoms. The second-order valence-corrected chi connectivity index (χ2v) is 9.03. The Labute approximate surface area is 171 Å². The van der Waals surface area contributed by atoms with Gasteiger partial charge in [0, 0.05) is 16.2 Å². The Morgan fingerprint density at radius 2 is 1.34 bits per heavy atom. The fraction of sp³-hybridized carbons (Fsp3) is 0.200. The van der Waals surface area contributed by atoms with Gasteiger partial charge in [0.1, 0.15) is 5.75 Å². The average molecular weight is 405 g/mol. The molecule has 0 aliphatic rings. The Kier molecular flexibility index (Phi) is 5.54. The fourth-order valence-corrected chi connectivity index (χ4v) is 5.37. The summed E-state index contributed by atoms with van der Waals surface area (Å²) >= 11 is 0. The molecule has 0 heterocycles. The second-order valence-electron chi connectivity index (χ2n) is 7.14. The Hall–Kier alpha value is -2.85. The monoisotopic (exact) mass is 404 g/mol. The van der Waals surface area contributed by atoms with Crippen molar-refractivity contribution in [2.75, 3.05) is 6.61 Å². The minimum atomic E-state index is -3.69. The lowest BCUT2D eigenvalue weighted by Gasteiger charge is -2.14. The number of hydrogen-bond donors (Lipinski definition) is 0. The highest BCUT2D eigenvalue weighted by Crippen LogP contribution is 2.36. The Balaban J connectivity index is 1.83. The van der Waals surface area contributed by atoms with Gasteiger partial charge in [0.05, 0.1) is 16.4 Å². The largest absolute Gasteiger partial charge is 0.493 e. The first kappa shape index (κ1) is 19.5. The molecule has 0 atom stereocenters. The van der Waals surface area contributed by atoms with Crippen LogP contribution in [0.25, 0.3) is 21.5 Å². The Bertz CT molecular complexity index is 1250. The molecule has 0 saturated heterocycles. The van der Waals surface area contributed by atoms with Crippen molar-refractivity contribution >= 4 is 31.4 Å². The SMILES string of the molecule is CCCCCOc1ccc(S(=O)(=O)c2cccc3ccccc23)c2ccccc12. The van der Waals surface area contributed by atoms with E-state index in [9.17, 15) is 8.42 Å². The third-order valence-corrected chi connectivity index (χ3v) is 7.05. The van der Waals surface area contributed by atoms with Gasteiger partial charge >= 0.3 is 0 Å². The molecule has 3 nitrogen and oxygen atoms in total. The molecule has 0 unspecified atom stereocenters. The van der Waals surface area contributed by atoms with Crippen LogP contribution in [0.4, 0.5) is 0 Å². The summed E-state index contributed by atoms with van der Waals surface area (Å²) in [5.74, 6) is 0.730. The maximum absolute atomic E-state index is 13.6. The highest BCUT2D eigenvalue weighted by Gasteiger charge is 2.23. The number of hydrogen-bond acceptors (Lipinski definition) is 3. The Morgan fingerprint density at radius 1 is 0.690 bits per heavy atom. The number of sulfone groups is 1. The van der Waals surface area contributed by atoms with Gasteiger partial charge in [-0.2, -0.15) is 0 Å². The number of rotatable bonds is 7. The van der Waals surface area contributed by atoms with Crippen LogP contribution in [0.1, 0.15) is 26.2 Å². The van der Waals surface area contributed by atoms with E-state index in [1.807, 2.05) is 54.6 Å². The molecule has 0 aliphatic heterocycles. The zero-order valence-electron chi connectivity index (χ0n) is 16.5. The van der Waals surface area contributed by atoms with Gasteiger partial charge in [0.25, 0.3) is 0 Å². The van der Waals surface area contributed by atoms with Crippen LogP contribution in [0.5, 0.6) is 5.75 Å². The summed E-state index contributed by atoms with van der Waals surface area (Å²) < 4.78 is 33.2. The van der Waals surface area contributed by atoms with Gasteiger partial charge in [-0.3, -0.25) is 0 Å². The van der Waals surface area contributed by atoms with Crippen LogP contribution >= 0.6 is 0 Å². The molecular formula is C25H24O3S. The van der Waals surface area contributed by atoms with Gasteiger partial charge in [-0.15, -0.1) is 0 Å². The normalized spacial score (nSPS) is 11.8. The van der Waals surface area contributed by atoms with Gasteiger partial charge in [-0.05, 0) is 30.0 Å². The standard InChI is InChI=1S/C25H24O3S/c1-2-3-8-18-28-23-16-17-25(22-14-7-6-13-21(22)23)29(26,27)24-15-9-11-19-10-4-5-12-20(19)24/h4-7,9-17H,2-3,8,18H2,1H3. The molecule has 29 heavy (non-hydrogen) atoms. The lowest BCUT2D eigenvalue weighted by atomic mass is 10.1. The second kappa shape index (κ2) is 8.26. The molecule has 4 heteroatoms. The number of benzene rings is 4. The summed E-state index contributed by atoms with van der Waals surface area (Å²) in [6, 6.07) is 24.0. The van der Waals surface area contributed by atoms with Crippen molar-refractivity contribution in [3.05, 3.63) is 78.9 Å². The quantitative estimate of drug-likeness (QED) is 0.335. The van der Waals surface area contributed by atoms with Crippen molar-refractivity contribution in [1.29, 1.82) is 0 Å². The van der Waals surface area contributed by atoms with Crippen LogP contribution in [0.15, 0.2) is 88.7 Å². The molecule has 0 N–H and O–H groups in total. The zero-order chi connectivity index (χ0) is 20.3. The molecule has 0 bridgehead atoms. The van der Waals surface area contributed by atoms with Crippen molar-refractivity contribution in [1.82, 2.24) is 0 Å². The first-order valence-electron chi connectivity index (χ1n) is 10.0. The summed E-state index contributed by atoms with van der Waals surface area (Å²) in [4.78, 5) is 0.641. The van der Waals surface area contributed by atoms with E-state index >= 15 is 0 Å². The molecule has 0 aliphatic carbocycles. The van der Waals surface area contributed by atoms with Crippen molar-refractivity contribution in [3.63, 3.8) is 0 Å². The van der Waals surface area contributed by atoms with Crippen LogP contribution in [-0.2, 0) is 9.84 Å². The summed E-state index contributed by atoms with van der Waals surface area (Å²) in [7, 11) is -3.69. The van der Waals surface area contributed by atoms with E-state index in [1.54, 1.807) is 24.3 Å². The minimum Gasteiger partial charge on any atom is -0.493 e. The van der Waals surface area contributed by atoms with E-state index < -0.39 is 9.84 Å². The summed E-state index contributed by atoms with van der Waals surface area (Å²) in [5, 5.41) is 3.16. The highest BCUT2D eigenvalue weighted by atomic mass is 32.2. The molecule has 148 valence electrons. The van der Waals surface area contributed by atoms with E-state index in [2.05, 4.69) is 6.92 Å². The third kappa shape index (κ3) is 3.73. The first-order chi connectivity index (χ1) is 14.1. The first-order valence-corrected chi connectivity index (χ1v) is 11.5. The maximum Gasteiger partial charge on any atom is 0.207 e. The van der Waals surface area contributed by atoms with Gasteiger partial charge < -0.3 is 4.74 Å². The van der Waals surface area contributed by atoms with Gasteiger partial charge in [-0.25, -0.2) is 8.42 Å². The van der Waals surface area contributed by atoms with Crippen LogP contribution in [0.2, 0.25) is 0 Å². The maximum atomic E-state index is 13.6. The summed E-state index contributed by atoms with van der Waals surface area (Å²) in [6.07, 6.45) is 3.23. The zero-order valence-corrected chi connectivity index (χ0v) is 17.3. The molecule has 4 rings (SSSR count).